The molecule has 174 valence electrons. The van der Waals surface area contributed by atoms with Gasteiger partial charge in [-0.05, 0) is 56.8 Å². The van der Waals surface area contributed by atoms with Crippen molar-refractivity contribution in [1.82, 2.24) is 4.98 Å². The van der Waals surface area contributed by atoms with Crippen LogP contribution >= 0.6 is 0 Å². The molecule has 0 radical (unpaired) electrons. The number of benzene rings is 5. The number of hydrogen-bond acceptors (Lipinski definition) is 2. The van der Waals surface area contributed by atoms with E-state index in [2.05, 4.69) is 127 Å². The molecule has 0 fully saturated rings. The molecule has 37 heavy (non-hydrogen) atoms. The minimum Gasteiger partial charge on any atom is -0.254 e. The molecule has 1 aliphatic heterocycles. The molecule has 2 heteroatoms. The van der Waals surface area contributed by atoms with E-state index in [4.69, 9.17) is 9.98 Å². The maximum Gasteiger partial charge on any atom is 0.0975 e. The summed E-state index contributed by atoms with van der Waals surface area (Å²) in [6, 6.07) is 42.9. The Kier molecular flexibility index (Phi) is 5.22. The van der Waals surface area contributed by atoms with Gasteiger partial charge < -0.3 is 0 Å². The van der Waals surface area contributed by atoms with Crippen LogP contribution in [0.15, 0.2) is 132 Å². The standard InChI is InChI=1S/C35H24N2/c1-3-9-24(10-4-1)28-19-20-36-34-30(22-28)17-18-31-32(26-12-5-2-6-13-26)23-33(37-35(31)34)29-16-15-25-11-7-8-14-27(25)21-29/h1-21,23H,22H2. The summed E-state index contributed by atoms with van der Waals surface area (Å²) >= 11 is 0. The minimum absolute atomic E-state index is 0.817. The van der Waals surface area contributed by atoms with E-state index in [1.54, 1.807) is 0 Å². The van der Waals surface area contributed by atoms with Crippen LogP contribution in [0.2, 0.25) is 0 Å². The molecule has 0 saturated heterocycles. The van der Waals surface area contributed by atoms with Crippen LogP contribution in [-0.4, -0.2) is 11.2 Å². The van der Waals surface area contributed by atoms with Gasteiger partial charge in [-0.2, -0.15) is 0 Å². The molecular weight excluding hydrogens is 448 g/mol. The second kappa shape index (κ2) is 9.00. The number of fused-ring (bicyclic) bond motifs is 4. The zero-order chi connectivity index (χ0) is 24.6. The first kappa shape index (κ1) is 21.5. The fourth-order valence-corrected chi connectivity index (χ4v) is 5.28. The van der Waals surface area contributed by atoms with Crippen molar-refractivity contribution in [3.05, 3.63) is 139 Å². The van der Waals surface area contributed by atoms with E-state index in [9.17, 15) is 0 Å². The quantitative estimate of drug-likeness (QED) is 0.252. The molecule has 0 unspecified atom stereocenters. The average Bonchev–Trinajstić information content (AvgIpc) is 3.20. The van der Waals surface area contributed by atoms with Crippen LogP contribution < -0.4 is 0 Å². The molecule has 7 rings (SSSR count). The molecule has 0 aliphatic carbocycles. The molecule has 0 N–H and O–H groups in total. The highest BCUT2D eigenvalue weighted by atomic mass is 14.8. The first-order valence-electron chi connectivity index (χ1n) is 12.6. The van der Waals surface area contributed by atoms with Crippen LogP contribution in [0, 0.1) is 0 Å². The largest absolute Gasteiger partial charge is 0.254 e. The van der Waals surface area contributed by atoms with Gasteiger partial charge in [-0.25, -0.2) is 4.98 Å². The normalized spacial score (nSPS) is 12.8. The van der Waals surface area contributed by atoms with Crippen LogP contribution in [0.3, 0.4) is 0 Å². The van der Waals surface area contributed by atoms with E-state index >= 15 is 0 Å². The smallest absolute Gasteiger partial charge is 0.0975 e. The number of nitrogens with zero attached hydrogens (tertiary/aromatic N) is 2. The van der Waals surface area contributed by atoms with Crippen molar-refractivity contribution in [2.45, 2.75) is 6.42 Å². The van der Waals surface area contributed by atoms with E-state index in [0.717, 1.165) is 34.3 Å². The van der Waals surface area contributed by atoms with Gasteiger partial charge in [0.15, 0.2) is 0 Å². The molecular formula is C35H24N2. The van der Waals surface area contributed by atoms with Gasteiger partial charge in [0, 0.05) is 23.6 Å². The number of pyridine rings is 1. The topological polar surface area (TPSA) is 25.2 Å². The summed E-state index contributed by atoms with van der Waals surface area (Å²) in [5.74, 6) is 0. The van der Waals surface area contributed by atoms with Gasteiger partial charge in [-0.3, -0.25) is 4.99 Å². The lowest BCUT2D eigenvalue weighted by Gasteiger charge is -2.15. The number of aliphatic imine (C=N–C) groups is 1. The fraction of sp³-hybridized carbons (Fsp3) is 0.0286. The van der Waals surface area contributed by atoms with Gasteiger partial charge in [0.25, 0.3) is 0 Å². The Morgan fingerprint density at radius 3 is 2.11 bits per heavy atom. The summed E-state index contributed by atoms with van der Waals surface area (Å²) in [4.78, 5) is 10.2. The fourth-order valence-electron chi connectivity index (χ4n) is 5.28. The van der Waals surface area contributed by atoms with Crippen molar-refractivity contribution in [3.8, 4) is 22.4 Å². The molecule has 0 saturated carbocycles. The number of aromatic nitrogens is 1. The Morgan fingerprint density at radius 2 is 1.30 bits per heavy atom. The van der Waals surface area contributed by atoms with Gasteiger partial charge in [0.1, 0.15) is 0 Å². The average molecular weight is 473 g/mol. The van der Waals surface area contributed by atoms with E-state index in [1.807, 2.05) is 6.21 Å². The summed E-state index contributed by atoms with van der Waals surface area (Å²) in [6.07, 6.45) is 4.88. The number of allylic oxidation sites excluding steroid dienone is 2. The maximum atomic E-state index is 5.25. The van der Waals surface area contributed by atoms with Gasteiger partial charge in [0.2, 0.25) is 0 Å². The summed E-state index contributed by atoms with van der Waals surface area (Å²) < 4.78 is 0. The second-order valence-corrected chi connectivity index (χ2v) is 9.47. The van der Waals surface area contributed by atoms with Gasteiger partial charge >= 0.3 is 0 Å². The SMILES string of the molecule is C1=Nc2c(ccc3c(-c4ccccc4)cc(-c4ccc5ccccc5c4)nc23)CC(c2ccccc2)=C1. The molecule has 1 aromatic heterocycles. The highest BCUT2D eigenvalue weighted by Gasteiger charge is 2.17. The van der Waals surface area contributed by atoms with Crippen LogP contribution in [-0.2, 0) is 6.42 Å². The molecule has 0 spiro atoms. The lowest BCUT2D eigenvalue weighted by molar-refractivity contribution is 1.27. The predicted octanol–water partition coefficient (Wildman–Crippen LogP) is 9.06. The van der Waals surface area contributed by atoms with E-state index in [-0.39, 0.29) is 0 Å². The molecule has 2 heterocycles. The Hall–Kier alpha value is -4.82. The van der Waals surface area contributed by atoms with Gasteiger partial charge in [-0.1, -0.05) is 109 Å². The first-order chi connectivity index (χ1) is 18.3. The Balaban J connectivity index is 1.45. The summed E-state index contributed by atoms with van der Waals surface area (Å²) in [5.41, 5.74) is 10.0. The molecule has 5 aromatic carbocycles. The van der Waals surface area contributed by atoms with Crippen LogP contribution in [0.25, 0.3) is 49.6 Å². The van der Waals surface area contributed by atoms with Crippen molar-refractivity contribution in [3.63, 3.8) is 0 Å². The van der Waals surface area contributed by atoms with Crippen LogP contribution in [0.5, 0.6) is 0 Å². The Morgan fingerprint density at radius 1 is 0.568 bits per heavy atom. The van der Waals surface area contributed by atoms with Gasteiger partial charge in [0.05, 0.1) is 16.9 Å². The highest BCUT2D eigenvalue weighted by Crippen LogP contribution is 2.40. The van der Waals surface area contributed by atoms with Crippen molar-refractivity contribution < 1.29 is 0 Å². The lowest BCUT2D eigenvalue weighted by Crippen LogP contribution is -1.95. The third-order valence-electron chi connectivity index (χ3n) is 7.17. The summed E-state index contributed by atoms with van der Waals surface area (Å²) in [7, 11) is 0. The van der Waals surface area contributed by atoms with Gasteiger partial charge in [-0.15, -0.1) is 0 Å². The summed E-state index contributed by atoms with van der Waals surface area (Å²) in [6.45, 7) is 0. The number of rotatable bonds is 3. The lowest BCUT2D eigenvalue weighted by atomic mass is 9.93. The van der Waals surface area contributed by atoms with Crippen molar-refractivity contribution in [2.75, 3.05) is 0 Å². The molecule has 0 atom stereocenters. The third kappa shape index (κ3) is 3.93. The molecule has 0 amide bonds. The molecule has 6 aromatic rings. The van der Waals surface area contributed by atoms with Crippen molar-refractivity contribution in [2.24, 2.45) is 4.99 Å². The van der Waals surface area contributed by atoms with E-state index in [0.29, 0.717) is 0 Å². The number of hydrogen-bond donors (Lipinski definition) is 0. The predicted molar refractivity (Wildman–Crippen MR) is 156 cm³/mol. The zero-order valence-corrected chi connectivity index (χ0v) is 20.3. The van der Waals surface area contributed by atoms with Crippen molar-refractivity contribution in [1.29, 1.82) is 0 Å². The van der Waals surface area contributed by atoms with Crippen LogP contribution in [0.4, 0.5) is 5.69 Å². The van der Waals surface area contributed by atoms with E-state index < -0.39 is 0 Å². The molecule has 0 bridgehead atoms. The summed E-state index contributed by atoms with van der Waals surface area (Å²) in [5, 5.41) is 3.56. The Labute approximate surface area is 216 Å². The van der Waals surface area contributed by atoms with Crippen molar-refractivity contribution >= 4 is 39.2 Å². The third-order valence-corrected chi connectivity index (χ3v) is 7.17. The monoisotopic (exact) mass is 472 g/mol. The minimum atomic E-state index is 0.817. The highest BCUT2D eigenvalue weighted by molar-refractivity contribution is 6.05. The van der Waals surface area contributed by atoms with Crippen LogP contribution in [0.1, 0.15) is 11.1 Å². The maximum absolute atomic E-state index is 5.25. The molecule has 1 aliphatic rings. The Bertz CT molecular complexity index is 1830. The van der Waals surface area contributed by atoms with E-state index in [1.165, 1.54) is 38.6 Å². The zero-order valence-electron chi connectivity index (χ0n) is 20.3. The second-order valence-electron chi connectivity index (χ2n) is 9.47. The molecule has 2 nitrogen and oxygen atoms in total. The first-order valence-corrected chi connectivity index (χ1v) is 12.6.